The molecular weight excluding hydrogens is 386 g/mol. The maximum Gasteiger partial charge on any atom is 0.188 e. The molecule has 0 radical (unpaired) electrons. The van der Waals surface area contributed by atoms with Gasteiger partial charge in [0.15, 0.2) is 33.1 Å². The van der Waals surface area contributed by atoms with Crippen LogP contribution in [0.25, 0.3) is 0 Å². The second kappa shape index (κ2) is 6.42. The highest BCUT2D eigenvalue weighted by molar-refractivity contribution is 9.10. The maximum absolute atomic E-state index is 12.5. The predicted molar refractivity (Wildman–Crippen MR) is 85.0 cm³/mol. The summed E-state index contributed by atoms with van der Waals surface area (Å²) in [5, 5.41) is 9.17. The highest BCUT2D eigenvalue weighted by atomic mass is 79.9. The summed E-state index contributed by atoms with van der Waals surface area (Å²) in [6.07, 6.45) is 2.41. The van der Waals surface area contributed by atoms with Gasteiger partial charge in [-0.2, -0.15) is 5.26 Å². The largest absolute Gasteiger partial charge is 0.494 e. The van der Waals surface area contributed by atoms with Crippen molar-refractivity contribution in [3.8, 4) is 11.8 Å². The third kappa shape index (κ3) is 3.46. The van der Waals surface area contributed by atoms with E-state index in [4.69, 9.17) is 4.74 Å². The van der Waals surface area contributed by atoms with Crippen molar-refractivity contribution in [1.82, 2.24) is 0 Å². The number of ether oxygens (including phenoxy) is 1. The number of ketones is 2. The molecule has 8 heteroatoms. The summed E-state index contributed by atoms with van der Waals surface area (Å²) in [7, 11) is -2.28. The first-order valence-corrected chi connectivity index (χ1v) is 9.45. The first kappa shape index (κ1) is 17.6. The molecule has 1 saturated carbocycles. The number of methoxy groups -OCH3 is 1. The van der Waals surface area contributed by atoms with Gasteiger partial charge < -0.3 is 4.74 Å². The van der Waals surface area contributed by atoms with E-state index in [1.165, 1.54) is 19.2 Å². The Balaban J connectivity index is 2.49. The lowest BCUT2D eigenvalue weighted by Gasteiger charge is -2.14. The molecular formula is C15H14BrNO5S. The first-order valence-electron chi connectivity index (χ1n) is 6.76. The molecule has 0 saturated heterocycles. The van der Waals surface area contributed by atoms with E-state index in [9.17, 15) is 23.3 Å². The number of nitrogens with zero attached hydrogens (tertiary/aromatic N) is 1. The van der Waals surface area contributed by atoms with Gasteiger partial charge in [0.2, 0.25) is 0 Å². The summed E-state index contributed by atoms with van der Waals surface area (Å²) < 4.78 is 28.7. The molecule has 23 heavy (non-hydrogen) atoms. The summed E-state index contributed by atoms with van der Waals surface area (Å²) in [6, 6.07) is 4.28. The number of hydrogen-bond donors (Lipinski definition) is 0. The zero-order chi connectivity index (χ0) is 17.4. The Morgan fingerprint density at radius 3 is 2.43 bits per heavy atom. The van der Waals surface area contributed by atoms with Gasteiger partial charge in [0.05, 0.1) is 17.7 Å². The number of benzene rings is 1. The Bertz CT molecular complexity index is 821. The summed E-state index contributed by atoms with van der Waals surface area (Å²) in [5.74, 6) is -2.66. The second-order valence-corrected chi connectivity index (χ2v) is 8.11. The number of carbonyl (C=O) groups is 2. The van der Waals surface area contributed by atoms with Crippen LogP contribution in [0, 0.1) is 23.2 Å². The minimum absolute atomic E-state index is 0.0195. The van der Waals surface area contributed by atoms with Crippen molar-refractivity contribution in [3.63, 3.8) is 0 Å². The van der Waals surface area contributed by atoms with Gasteiger partial charge in [0.1, 0.15) is 4.90 Å². The fourth-order valence-corrected chi connectivity index (χ4v) is 3.89. The van der Waals surface area contributed by atoms with Gasteiger partial charge in [-0.1, -0.05) is 0 Å². The molecule has 0 aromatic heterocycles. The van der Waals surface area contributed by atoms with E-state index in [-0.39, 0.29) is 32.4 Å². The molecule has 0 bridgehead atoms. The van der Waals surface area contributed by atoms with Crippen molar-refractivity contribution in [2.45, 2.75) is 17.7 Å². The summed E-state index contributed by atoms with van der Waals surface area (Å²) >= 11 is 3.15. The number of halogens is 1. The average Bonchev–Trinajstić information content (AvgIpc) is 3.30. The highest BCUT2D eigenvalue weighted by Crippen LogP contribution is 2.38. The molecule has 1 aromatic rings. The lowest BCUT2D eigenvalue weighted by molar-refractivity contribution is -0.121. The Hall–Kier alpha value is -1.72. The summed E-state index contributed by atoms with van der Waals surface area (Å²) in [5.41, 5.74) is 0.0507. The van der Waals surface area contributed by atoms with Crippen LogP contribution in [0.15, 0.2) is 21.5 Å². The van der Waals surface area contributed by atoms with Crippen LogP contribution >= 0.6 is 15.9 Å². The van der Waals surface area contributed by atoms with Crippen molar-refractivity contribution < 1.29 is 22.7 Å². The minimum atomic E-state index is -3.55. The first-order chi connectivity index (χ1) is 10.7. The Morgan fingerprint density at radius 2 is 2.00 bits per heavy atom. The third-order valence-corrected chi connectivity index (χ3v) is 5.49. The fraction of sp³-hybridized carbons (Fsp3) is 0.400. The second-order valence-electron chi connectivity index (χ2n) is 5.33. The van der Waals surface area contributed by atoms with Gasteiger partial charge >= 0.3 is 0 Å². The molecule has 6 nitrogen and oxygen atoms in total. The van der Waals surface area contributed by atoms with Crippen LogP contribution < -0.4 is 4.74 Å². The molecule has 1 aromatic carbocycles. The molecule has 0 aliphatic heterocycles. The molecule has 0 spiro atoms. The van der Waals surface area contributed by atoms with Gasteiger partial charge in [0, 0.05) is 17.7 Å². The SMILES string of the molecule is COc1c(S(C)(=O)=O)ccc(C(=O)C(C#N)C(=O)C2CC2)c1Br. The van der Waals surface area contributed by atoms with Crippen LogP contribution in [0.5, 0.6) is 5.75 Å². The van der Waals surface area contributed by atoms with Crippen LogP contribution in [0.2, 0.25) is 0 Å². The van der Waals surface area contributed by atoms with Crippen molar-refractivity contribution in [1.29, 1.82) is 5.26 Å². The quantitative estimate of drug-likeness (QED) is 0.536. The molecule has 122 valence electrons. The lowest BCUT2D eigenvalue weighted by Crippen LogP contribution is -2.24. The number of Topliss-reactive ketones (excluding diaryl/α,β-unsaturated/α-hetero) is 2. The van der Waals surface area contributed by atoms with Gasteiger partial charge in [-0.3, -0.25) is 9.59 Å². The number of nitriles is 1. The molecule has 0 heterocycles. The van der Waals surface area contributed by atoms with Crippen LogP contribution in [0.1, 0.15) is 23.2 Å². The molecule has 0 N–H and O–H groups in total. The molecule has 2 rings (SSSR count). The highest BCUT2D eigenvalue weighted by Gasteiger charge is 2.39. The standard InChI is InChI=1S/C15H14BrNO5S/c1-22-15-11(23(2,20)21)6-5-9(12(15)16)14(19)10(7-17)13(18)8-3-4-8/h5-6,8,10H,3-4H2,1-2H3. The lowest BCUT2D eigenvalue weighted by atomic mass is 9.92. The Morgan fingerprint density at radius 1 is 1.39 bits per heavy atom. The summed E-state index contributed by atoms with van der Waals surface area (Å²) in [6.45, 7) is 0. The normalized spacial score (nSPS) is 15.6. The van der Waals surface area contributed by atoms with Crippen molar-refractivity contribution in [3.05, 3.63) is 22.2 Å². The van der Waals surface area contributed by atoms with E-state index in [2.05, 4.69) is 15.9 Å². The number of hydrogen-bond acceptors (Lipinski definition) is 6. The fourth-order valence-electron chi connectivity index (χ4n) is 2.22. The predicted octanol–water partition coefficient (Wildman–Crippen LogP) is 2.16. The van der Waals surface area contributed by atoms with E-state index in [0.29, 0.717) is 12.8 Å². The van der Waals surface area contributed by atoms with Crippen LogP contribution in [0.4, 0.5) is 0 Å². The monoisotopic (exact) mass is 399 g/mol. The van der Waals surface area contributed by atoms with E-state index >= 15 is 0 Å². The van der Waals surface area contributed by atoms with Gasteiger partial charge in [0.25, 0.3) is 0 Å². The summed E-state index contributed by atoms with van der Waals surface area (Å²) in [4.78, 5) is 24.5. The van der Waals surface area contributed by atoms with Gasteiger partial charge in [-0.15, -0.1) is 0 Å². The molecule has 1 atom stereocenters. The average molecular weight is 400 g/mol. The topological polar surface area (TPSA) is 101 Å². The van der Waals surface area contributed by atoms with Crippen LogP contribution in [0.3, 0.4) is 0 Å². The maximum atomic E-state index is 12.5. The molecule has 1 aliphatic rings. The molecule has 1 fully saturated rings. The zero-order valence-corrected chi connectivity index (χ0v) is 14.9. The molecule has 1 aliphatic carbocycles. The van der Waals surface area contributed by atoms with E-state index in [1.54, 1.807) is 6.07 Å². The van der Waals surface area contributed by atoms with Crippen molar-refractivity contribution in [2.24, 2.45) is 11.8 Å². The van der Waals surface area contributed by atoms with Crippen LogP contribution in [-0.4, -0.2) is 33.3 Å². The smallest absolute Gasteiger partial charge is 0.188 e. The minimum Gasteiger partial charge on any atom is -0.494 e. The number of carbonyl (C=O) groups excluding carboxylic acids is 2. The van der Waals surface area contributed by atoms with E-state index < -0.39 is 21.5 Å². The third-order valence-electron chi connectivity index (χ3n) is 3.59. The van der Waals surface area contributed by atoms with Crippen molar-refractivity contribution in [2.75, 3.05) is 13.4 Å². The zero-order valence-electron chi connectivity index (χ0n) is 12.5. The number of rotatable bonds is 6. The van der Waals surface area contributed by atoms with Crippen LogP contribution in [-0.2, 0) is 14.6 Å². The molecule has 1 unspecified atom stereocenters. The number of sulfone groups is 1. The molecule has 0 amide bonds. The van der Waals surface area contributed by atoms with Gasteiger partial charge in [-0.25, -0.2) is 8.42 Å². The Kier molecular flexibility index (Phi) is 4.92. The van der Waals surface area contributed by atoms with E-state index in [1.807, 2.05) is 0 Å². The van der Waals surface area contributed by atoms with Gasteiger partial charge in [-0.05, 0) is 40.9 Å². The van der Waals surface area contributed by atoms with E-state index in [0.717, 1.165) is 6.26 Å². The van der Waals surface area contributed by atoms with Crippen molar-refractivity contribution >= 4 is 37.3 Å². The Labute approximate surface area is 142 Å².